The molecule has 3 heterocycles. The number of anilines is 1. The lowest BCUT2D eigenvalue weighted by molar-refractivity contribution is -0.137. The van der Waals surface area contributed by atoms with Crippen LogP contribution >= 0.6 is 0 Å². The first kappa shape index (κ1) is 26.1. The molecule has 1 aromatic carbocycles. The van der Waals surface area contributed by atoms with Crippen LogP contribution in [0.2, 0.25) is 0 Å². The molecule has 4 aromatic rings. The Hall–Kier alpha value is -4.12. The summed E-state index contributed by atoms with van der Waals surface area (Å²) in [4.78, 5) is 28.4. The van der Waals surface area contributed by atoms with Gasteiger partial charge in [-0.25, -0.2) is 18.6 Å². The van der Waals surface area contributed by atoms with Crippen molar-refractivity contribution in [2.45, 2.75) is 34.2 Å². The summed E-state index contributed by atoms with van der Waals surface area (Å²) < 4.78 is 17.2. The number of nitrogens with two attached hydrogens (primary N) is 1. The number of carbonyl (C=O) groups excluding carboxylic acids is 1. The summed E-state index contributed by atoms with van der Waals surface area (Å²) in [5.74, 6) is -1.89. The number of aromatic nitrogens is 5. The highest BCUT2D eigenvalue weighted by Gasteiger charge is 2.20. The molecule has 34 heavy (non-hydrogen) atoms. The van der Waals surface area contributed by atoms with Gasteiger partial charge in [0.05, 0.1) is 16.8 Å². The number of nitrogens with zero attached hydrogens (tertiary/aromatic N) is 5. The summed E-state index contributed by atoms with van der Waals surface area (Å²) in [7, 11) is 1.50. The van der Waals surface area contributed by atoms with Crippen LogP contribution in [-0.2, 0) is 11.3 Å². The smallest absolute Gasteiger partial charge is 0.325 e. The predicted octanol–water partition coefficient (Wildman–Crippen LogP) is 3.29. The first-order chi connectivity index (χ1) is 16.3. The molecule has 0 bridgehead atoms. The van der Waals surface area contributed by atoms with Gasteiger partial charge in [0.25, 0.3) is 5.91 Å². The average Bonchev–Trinajstić information content (AvgIpc) is 3.43. The van der Waals surface area contributed by atoms with E-state index < -0.39 is 24.2 Å². The number of aryl methyl sites for hydroxylation is 2. The van der Waals surface area contributed by atoms with E-state index in [-0.39, 0.29) is 22.9 Å². The molecule has 0 saturated heterocycles. The normalized spacial score (nSPS) is 10.1. The monoisotopic (exact) mass is 469 g/mol. The standard InChI is InChI=1S/C20H17FN6O3.C2H6.CH5N/c1-11-5-3-6-13(17(11)21)19-23-18(14-7-4-8-26(14)25-19)20(30)22-15-9-12(2)24-27(15)10-16(28)29;2*1-2/h3-9H,10H2,1-2H3,(H,22,30)(H,28,29);1-2H3;2H2,1H3. The van der Waals surface area contributed by atoms with E-state index in [0.717, 1.165) is 0 Å². The molecule has 0 radical (unpaired) electrons. The molecule has 0 atom stereocenters. The second-order valence-corrected chi connectivity index (χ2v) is 6.73. The van der Waals surface area contributed by atoms with Gasteiger partial charge in [-0.1, -0.05) is 26.0 Å². The number of hydrogen-bond acceptors (Lipinski definition) is 6. The Morgan fingerprint density at radius 1 is 1.12 bits per heavy atom. The first-order valence-corrected chi connectivity index (χ1v) is 10.6. The van der Waals surface area contributed by atoms with Crippen molar-refractivity contribution in [3.63, 3.8) is 0 Å². The van der Waals surface area contributed by atoms with Crippen LogP contribution in [0, 0.1) is 19.7 Å². The minimum atomic E-state index is -1.10. The zero-order valence-electron chi connectivity index (χ0n) is 19.7. The van der Waals surface area contributed by atoms with E-state index in [0.29, 0.717) is 16.8 Å². The van der Waals surface area contributed by atoms with Crippen LogP contribution < -0.4 is 11.1 Å². The van der Waals surface area contributed by atoms with Crippen molar-refractivity contribution in [2.24, 2.45) is 5.73 Å². The molecule has 4 N–H and O–H groups in total. The first-order valence-electron chi connectivity index (χ1n) is 10.6. The van der Waals surface area contributed by atoms with Gasteiger partial charge in [-0.2, -0.15) is 5.10 Å². The molecule has 0 fully saturated rings. The van der Waals surface area contributed by atoms with Crippen molar-refractivity contribution in [2.75, 3.05) is 12.4 Å². The second kappa shape index (κ2) is 11.7. The third-order valence-corrected chi connectivity index (χ3v) is 4.47. The average molecular weight is 470 g/mol. The van der Waals surface area contributed by atoms with E-state index >= 15 is 0 Å². The van der Waals surface area contributed by atoms with Gasteiger partial charge in [-0.3, -0.25) is 9.59 Å². The van der Waals surface area contributed by atoms with Crippen LogP contribution in [0.5, 0.6) is 0 Å². The van der Waals surface area contributed by atoms with Gasteiger partial charge in [-0.05, 0) is 44.7 Å². The third-order valence-electron chi connectivity index (χ3n) is 4.47. The number of hydrogen-bond donors (Lipinski definition) is 3. The van der Waals surface area contributed by atoms with E-state index in [1.807, 2.05) is 13.8 Å². The maximum absolute atomic E-state index is 14.6. The Bertz CT molecular complexity index is 1300. The SMILES string of the molecule is CC.CN.Cc1cc(NC(=O)c2nc(-c3cccc(C)c3F)nn3cccc23)n(CC(=O)O)n1. The lowest BCUT2D eigenvalue weighted by Crippen LogP contribution is -2.20. The zero-order valence-corrected chi connectivity index (χ0v) is 19.7. The molecular weight excluding hydrogens is 441 g/mol. The van der Waals surface area contributed by atoms with Gasteiger partial charge in [0.15, 0.2) is 11.5 Å². The lowest BCUT2D eigenvalue weighted by atomic mass is 10.1. The van der Waals surface area contributed by atoms with Crippen LogP contribution in [0.15, 0.2) is 42.6 Å². The van der Waals surface area contributed by atoms with Gasteiger partial charge < -0.3 is 16.2 Å². The highest BCUT2D eigenvalue weighted by Crippen LogP contribution is 2.23. The Labute approximate surface area is 196 Å². The molecule has 0 aliphatic carbocycles. The highest BCUT2D eigenvalue weighted by atomic mass is 19.1. The number of carboxylic acids is 1. The molecule has 0 unspecified atom stereocenters. The van der Waals surface area contributed by atoms with E-state index in [2.05, 4.69) is 26.2 Å². The number of halogens is 1. The highest BCUT2D eigenvalue weighted by molar-refractivity contribution is 6.07. The van der Waals surface area contributed by atoms with Crippen LogP contribution in [0.1, 0.15) is 35.6 Å². The van der Waals surface area contributed by atoms with Gasteiger partial charge in [-0.15, -0.1) is 5.10 Å². The number of benzene rings is 1. The minimum Gasteiger partial charge on any atom is -0.480 e. The molecule has 0 aliphatic rings. The third kappa shape index (κ3) is 5.62. The Balaban J connectivity index is 0.000000970. The van der Waals surface area contributed by atoms with Crippen LogP contribution in [0.4, 0.5) is 10.2 Å². The molecule has 1 amide bonds. The number of nitrogens with one attached hydrogen (secondary N) is 1. The second-order valence-electron chi connectivity index (χ2n) is 6.73. The van der Waals surface area contributed by atoms with E-state index in [1.54, 1.807) is 56.4 Å². The van der Waals surface area contributed by atoms with Gasteiger partial charge in [0, 0.05) is 12.3 Å². The summed E-state index contributed by atoms with van der Waals surface area (Å²) in [6.07, 6.45) is 1.63. The fraction of sp³-hybridized carbons (Fsp3) is 0.261. The number of fused-ring (bicyclic) bond motifs is 1. The number of carboxylic acid groups (broad SMARTS) is 1. The summed E-state index contributed by atoms with van der Waals surface area (Å²) >= 11 is 0. The molecule has 0 saturated carbocycles. The van der Waals surface area contributed by atoms with E-state index in [1.165, 1.54) is 16.2 Å². The fourth-order valence-electron chi connectivity index (χ4n) is 3.11. The number of rotatable bonds is 5. The maximum Gasteiger partial charge on any atom is 0.325 e. The van der Waals surface area contributed by atoms with Crippen LogP contribution in [0.3, 0.4) is 0 Å². The number of carbonyl (C=O) groups is 2. The topological polar surface area (TPSA) is 140 Å². The van der Waals surface area contributed by atoms with Crippen molar-refractivity contribution in [1.82, 2.24) is 24.4 Å². The summed E-state index contributed by atoms with van der Waals surface area (Å²) in [6, 6.07) is 9.76. The molecular formula is C23H28FN7O3. The lowest BCUT2D eigenvalue weighted by Gasteiger charge is -2.10. The Morgan fingerprint density at radius 2 is 1.82 bits per heavy atom. The molecule has 180 valence electrons. The quantitative estimate of drug-likeness (QED) is 0.407. The molecule has 11 heteroatoms. The molecule has 10 nitrogen and oxygen atoms in total. The molecule has 4 rings (SSSR count). The van der Waals surface area contributed by atoms with Crippen molar-refractivity contribution >= 4 is 23.2 Å². The largest absolute Gasteiger partial charge is 0.480 e. The zero-order chi connectivity index (χ0) is 25.4. The molecule has 0 spiro atoms. The number of amides is 1. The minimum absolute atomic E-state index is 0.0200. The van der Waals surface area contributed by atoms with Crippen molar-refractivity contribution in [3.8, 4) is 11.4 Å². The van der Waals surface area contributed by atoms with Crippen molar-refractivity contribution in [3.05, 3.63) is 65.4 Å². The van der Waals surface area contributed by atoms with Gasteiger partial charge >= 0.3 is 5.97 Å². The Morgan fingerprint density at radius 3 is 2.50 bits per heavy atom. The van der Waals surface area contributed by atoms with Crippen LogP contribution in [0.25, 0.3) is 16.9 Å². The summed E-state index contributed by atoms with van der Waals surface area (Å²) in [5.41, 5.74) is 6.09. The van der Waals surface area contributed by atoms with E-state index in [9.17, 15) is 14.0 Å². The summed E-state index contributed by atoms with van der Waals surface area (Å²) in [6.45, 7) is 6.91. The van der Waals surface area contributed by atoms with Crippen molar-refractivity contribution in [1.29, 1.82) is 0 Å². The van der Waals surface area contributed by atoms with E-state index in [4.69, 9.17) is 5.11 Å². The Kier molecular flexibility index (Phi) is 8.96. The molecule has 0 aliphatic heterocycles. The predicted molar refractivity (Wildman–Crippen MR) is 127 cm³/mol. The van der Waals surface area contributed by atoms with Gasteiger partial charge in [0.1, 0.15) is 18.2 Å². The van der Waals surface area contributed by atoms with Gasteiger partial charge in [0.2, 0.25) is 0 Å². The van der Waals surface area contributed by atoms with Crippen LogP contribution in [-0.4, -0.2) is 48.4 Å². The maximum atomic E-state index is 14.6. The fourth-order valence-corrected chi connectivity index (χ4v) is 3.11. The molecule has 3 aromatic heterocycles. The summed E-state index contributed by atoms with van der Waals surface area (Å²) in [5, 5.41) is 20.1. The van der Waals surface area contributed by atoms with Crippen molar-refractivity contribution < 1.29 is 19.1 Å². The number of aliphatic carboxylic acids is 1.